The van der Waals surface area contributed by atoms with Crippen molar-refractivity contribution in [2.45, 2.75) is 51.6 Å². The number of halogens is 3. The number of aromatic nitrogens is 3. The molecular weight excluding hydrogens is 409 g/mol. The zero-order valence-corrected chi connectivity index (χ0v) is 17.8. The van der Waals surface area contributed by atoms with Gasteiger partial charge in [-0.05, 0) is 38.4 Å². The number of piperidine rings is 1. The van der Waals surface area contributed by atoms with Crippen LogP contribution in [0.25, 0.3) is 5.69 Å². The first kappa shape index (κ1) is 22.0. The molecule has 2 heterocycles. The van der Waals surface area contributed by atoms with Crippen molar-refractivity contribution in [2.24, 2.45) is 0 Å². The van der Waals surface area contributed by atoms with Crippen molar-refractivity contribution < 1.29 is 4.79 Å². The van der Waals surface area contributed by atoms with Gasteiger partial charge in [-0.15, -0.1) is 17.5 Å². The summed E-state index contributed by atoms with van der Waals surface area (Å²) >= 11 is 12.6. The van der Waals surface area contributed by atoms with E-state index in [9.17, 15) is 4.79 Å². The fourth-order valence-electron chi connectivity index (χ4n) is 3.16. The monoisotopic (exact) mass is 431 g/mol. The number of amides is 1. The van der Waals surface area contributed by atoms with Crippen molar-refractivity contribution in [1.29, 1.82) is 0 Å². The summed E-state index contributed by atoms with van der Waals surface area (Å²) in [6.07, 6.45) is 1.78. The minimum absolute atomic E-state index is 0. The molecule has 0 spiro atoms. The molecule has 1 aromatic heterocycles. The molecule has 3 rings (SSSR count). The average Bonchev–Trinajstić information content (AvgIpc) is 3.00. The molecule has 0 radical (unpaired) electrons. The van der Waals surface area contributed by atoms with E-state index in [1.807, 2.05) is 13.8 Å². The van der Waals surface area contributed by atoms with Crippen molar-refractivity contribution >= 4 is 41.5 Å². The van der Waals surface area contributed by atoms with Crippen LogP contribution in [0.5, 0.6) is 0 Å². The molecule has 9 heteroatoms. The molecule has 2 aromatic rings. The third-order valence-electron chi connectivity index (χ3n) is 4.46. The van der Waals surface area contributed by atoms with Gasteiger partial charge in [-0.1, -0.05) is 43.1 Å². The van der Waals surface area contributed by atoms with Gasteiger partial charge in [-0.3, -0.25) is 4.79 Å². The number of carbonyl (C=O) groups is 1. The molecule has 0 saturated carbocycles. The molecule has 2 N–H and O–H groups in total. The van der Waals surface area contributed by atoms with Crippen molar-refractivity contribution in [1.82, 2.24) is 25.4 Å². The number of nitrogens with one attached hydrogen (secondary N) is 2. The summed E-state index contributed by atoms with van der Waals surface area (Å²) < 4.78 is 1.58. The Hall–Kier alpha value is -1.34. The van der Waals surface area contributed by atoms with Gasteiger partial charge in [0.05, 0.1) is 10.0 Å². The van der Waals surface area contributed by atoms with Crippen LogP contribution in [0.3, 0.4) is 0 Å². The molecule has 2 unspecified atom stereocenters. The summed E-state index contributed by atoms with van der Waals surface area (Å²) in [5, 5.41) is 11.8. The molecule has 148 valence electrons. The molecule has 6 nitrogen and oxygen atoms in total. The first-order valence-corrected chi connectivity index (χ1v) is 9.58. The van der Waals surface area contributed by atoms with Gasteiger partial charge in [0.2, 0.25) is 5.82 Å². The molecule has 0 bridgehead atoms. The van der Waals surface area contributed by atoms with Crippen LogP contribution in [0.15, 0.2) is 18.2 Å². The van der Waals surface area contributed by atoms with Crippen molar-refractivity contribution in [3.8, 4) is 5.69 Å². The van der Waals surface area contributed by atoms with E-state index in [0.717, 1.165) is 19.4 Å². The minimum Gasteiger partial charge on any atom is -0.346 e. The lowest BCUT2D eigenvalue weighted by Crippen LogP contribution is -2.46. The predicted octanol–water partition coefficient (Wildman–Crippen LogP) is 3.99. The van der Waals surface area contributed by atoms with Gasteiger partial charge in [-0.2, -0.15) is 0 Å². The molecule has 1 aliphatic rings. The summed E-state index contributed by atoms with van der Waals surface area (Å²) in [7, 11) is 0. The average molecular weight is 433 g/mol. The van der Waals surface area contributed by atoms with Gasteiger partial charge in [0, 0.05) is 18.0 Å². The van der Waals surface area contributed by atoms with Gasteiger partial charge >= 0.3 is 0 Å². The predicted molar refractivity (Wildman–Crippen MR) is 111 cm³/mol. The number of rotatable bonds is 4. The molecule has 2 atom stereocenters. The lowest BCUT2D eigenvalue weighted by atomic mass is 10.0. The zero-order chi connectivity index (χ0) is 18.8. The lowest BCUT2D eigenvalue weighted by Gasteiger charge is -2.28. The van der Waals surface area contributed by atoms with E-state index < -0.39 is 0 Å². The summed E-state index contributed by atoms with van der Waals surface area (Å²) in [5.41, 5.74) is 0.543. The number of hydrogen-bond acceptors (Lipinski definition) is 4. The van der Waals surface area contributed by atoms with Crippen LogP contribution in [0.4, 0.5) is 0 Å². The van der Waals surface area contributed by atoms with Crippen molar-refractivity contribution in [2.75, 3.05) is 6.54 Å². The van der Waals surface area contributed by atoms with E-state index in [2.05, 4.69) is 27.6 Å². The Morgan fingerprint density at radius 3 is 2.59 bits per heavy atom. The van der Waals surface area contributed by atoms with Crippen LogP contribution in [0, 0.1) is 0 Å². The second kappa shape index (κ2) is 9.24. The fraction of sp³-hybridized carbons (Fsp3) is 0.500. The van der Waals surface area contributed by atoms with Crippen molar-refractivity contribution in [3.05, 3.63) is 39.9 Å². The van der Waals surface area contributed by atoms with Gasteiger partial charge in [0.25, 0.3) is 5.91 Å². The van der Waals surface area contributed by atoms with Gasteiger partial charge in [-0.25, -0.2) is 9.67 Å². The molecule has 1 aliphatic heterocycles. The molecule has 1 amide bonds. The van der Waals surface area contributed by atoms with E-state index in [0.29, 0.717) is 27.6 Å². The summed E-state index contributed by atoms with van der Waals surface area (Å²) in [6, 6.07) is 5.76. The quantitative estimate of drug-likeness (QED) is 0.766. The Morgan fingerprint density at radius 1 is 1.33 bits per heavy atom. The highest BCUT2D eigenvalue weighted by atomic mass is 35.5. The second-order valence-corrected chi connectivity index (χ2v) is 7.79. The van der Waals surface area contributed by atoms with Crippen LogP contribution in [0.1, 0.15) is 56.0 Å². The minimum atomic E-state index is -0.270. The fourth-order valence-corrected chi connectivity index (χ4v) is 3.72. The van der Waals surface area contributed by atoms with Crippen molar-refractivity contribution in [3.63, 3.8) is 0 Å². The van der Waals surface area contributed by atoms with Gasteiger partial charge in [0.1, 0.15) is 11.5 Å². The van der Waals surface area contributed by atoms with Crippen LogP contribution in [0.2, 0.25) is 10.0 Å². The summed E-state index contributed by atoms with van der Waals surface area (Å²) in [5.74, 6) is 0.558. The van der Waals surface area contributed by atoms with Crippen LogP contribution < -0.4 is 10.6 Å². The molecule has 1 fully saturated rings. The molecular formula is C18H24Cl3N5O. The first-order valence-electron chi connectivity index (χ1n) is 8.82. The Kier molecular flexibility index (Phi) is 7.51. The van der Waals surface area contributed by atoms with Gasteiger partial charge < -0.3 is 10.6 Å². The third kappa shape index (κ3) is 4.93. The standard InChI is InChI=1S/C18H23Cl2N5O.ClH/c1-10(2)17-23-16(18(26)22-12-7-8-21-11(3)9-12)24-25(17)15-13(19)5-4-6-14(15)20;/h4-6,10-12,21H,7-9H2,1-3H3,(H,22,26);1H. The van der Waals surface area contributed by atoms with E-state index >= 15 is 0 Å². The third-order valence-corrected chi connectivity index (χ3v) is 5.07. The first-order chi connectivity index (χ1) is 12.4. The van der Waals surface area contributed by atoms with E-state index in [-0.39, 0.29) is 36.1 Å². The molecule has 1 aromatic carbocycles. The molecule has 0 aliphatic carbocycles. The number of para-hydroxylation sites is 1. The largest absolute Gasteiger partial charge is 0.346 e. The van der Waals surface area contributed by atoms with E-state index in [1.165, 1.54) is 0 Å². The molecule has 27 heavy (non-hydrogen) atoms. The molecule has 1 saturated heterocycles. The Labute approximate surface area is 175 Å². The van der Waals surface area contributed by atoms with Gasteiger partial charge in [0.15, 0.2) is 0 Å². The summed E-state index contributed by atoms with van der Waals surface area (Å²) in [6.45, 7) is 6.98. The number of nitrogens with zero attached hydrogens (tertiary/aromatic N) is 3. The van der Waals surface area contributed by atoms with Crippen LogP contribution in [-0.4, -0.2) is 39.3 Å². The van der Waals surface area contributed by atoms with E-state index in [1.54, 1.807) is 22.9 Å². The Balaban J connectivity index is 0.00000261. The summed E-state index contributed by atoms with van der Waals surface area (Å²) in [4.78, 5) is 17.1. The normalized spacial score (nSPS) is 19.6. The highest BCUT2D eigenvalue weighted by Crippen LogP contribution is 2.30. The highest BCUT2D eigenvalue weighted by Gasteiger charge is 2.25. The Morgan fingerprint density at radius 2 is 2.00 bits per heavy atom. The number of benzene rings is 1. The smallest absolute Gasteiger partial charge is 0.291 e. The van der Waals surface area contributed by atoms with Crippen LogP contribution >= 0.6 is 35.6 Å². The Bertz CT molecular complexity index is 788. The highest BCUT2D eigenvalue weighted by molar-refractivity contribution is 6.37. The SMILES string of the molecule is CC1CC(NC(=O)c2nc(C(C)C)n(-c3c(Cl)cccc3Cl)n2)CCN1.Cl. The lowest BCUT2D eigenvalue weighted by molar-refractivity contribution is 0.0915. The number of carbonyl (C=O) groups excluding carboxylic acids is 1. The maximum absolute atomic E-state index is 12.7. The topological polar surface area (TPSA) is 71.8 Å². The number of hydrogen-bond donors (Lipinski definition) is 2. The zero-order valence-electron chi connectivity index (χ0n) is 15.5. The second-order valence-electron chi connectivity index (χ2n) is 6.98. The van der Waals surface area contributed by atoms with Crippen LogP contribution in [-0.2, 0) is 0 Å². The maximum Gasteiger partial charge on any atom is 0.291 e. The maximum atomic E-state index is 12.7. The van der Waals surface area contributed by atoms with E-state index in [4.69, 9.17) is 23.2 Å².